The molecule has 0 spiro atoms. The molecule has 1 heterocycles. The Morgan fingerprint density at radius 1 is 1.17 bits per heavy atom. The van der Waals surface area contributed by atoms with Gasteiger partial charge < -0.3 is 5.32 Å². The maximum Gasteiger partial charge on any atom is 0.151 e. The molecule has 2 fully saturated rings. The summed E-state index contributed by atoms with van der Waals surface area (Å²) in [5.74, 6) is 1.47. The second kappa shape index (κ2) is 5.12. The van der Waals surface area contributed by atoms with E-state index in [1.165, 1.54) is 19.3 Å². The molecule has 1 aliphatic heterocycles. The van der Waals surface area contributed by atoms with Crippen molar-refractivity contribution in [2.24, 2.45) is 11.3 Å². The Bertz CT molecular complexity index is 389. The van der Waals surface area contributed by atoms with Crippen LogP contribution >= 0.6 is 0 Å². The van der Waals surface area contributed by atoms with Crippen molar-refractivity contribution in [2.45, 2.75) is 65.0 Å². The third-order valence-electron chi connectivity index (χ3n) is 4.32. The molecule has 1 N–H and O–H groups in total. The molecule has 106 valence electrons. The monoisotopic (exact) mass is 273 g/mol. The van der Waals surface area contributed by atoms with Gasteiger partial charge in [-0.15, -0.1) is 0 Å². The van der Waals surface area contributed by atoms with Crippen molar-refractivity contribution in [3.8, 4) is 0 Å². The second-order valence-electron chi connectivity index (χ2n) is 7.23. The third kappa shape index (κ3) is 3.95. The topological polar surface area (TPSA) is 46.2 Å². The maximum atomic E-state index is 11.7. The van der Waals surface area contributed by atoms with Crippen LogP contribution in [0.2, 0.25) is 0 Å². The van der Waals surface area contributed by atoms with E-state index in [4.69, 9.17) is 0 Å². The molecule has 1 aliphatic carbocycles. The van der Waals surface area contributed by atoms with Gasteiger partial charge in [-0.25, -0.2) is 8.42 Å². The summed E-state index contributed by atoms with van der Waals surface area (Å²) < 4.78 is 23.3. The zero-order chi connectivity index (χ0) is 13.4. The molecule has 3 unspecified atom stereocenters. The summed E-state index contributed by atoms with van der Waals surface area (Å²) in [6.45, 7) is 6.97. The largest absolute Gasteiger partial charge is 0.310 e. The Morgan fingerprint density at radius 3 is 2.50 bits per heavy atom. The zero-order valence-electron chi connectivity index (χ0n) is 11.9. The van der Waals surface area contributed by atoms with Gasteiger partial charge in [-0.05, 0) is 43.4 Å². The summed E-state index contributed by atoms with van der Waals surface area (Å²) in [5.41, 5.74) is 0.392. The van der Waals surface area contributed by atoms with E-state index in [2.05, 4.69) is 26.1 Å². The van der Waals surface area contributed by atoms with Crippen molar-refractivity contribution in [3.63, 3.8) is 0 Å². The summed E-state index contributed by atoms with van der Waals surface area (Å²) in [6, 6.07) is 0.692. The Kier molecular flexibility index (Phi) is 4.07. The van der Waals surface area contributed by atoms with E-state index in [1.807, 2.05) is 0 Å². The predicted molar refractivity (Wildman–Crippen MR) is 75.4 cm³/mol. The molecule has 2 aliphatic rings. The molecule has 0 bridgehead atoms. The molecular formula is C14H27NO2S. The molecule has 3 atom stereocenters. The van der Waals surface area contributed by atoms with Crippen LogP contribution in [0.4, 0.5) is 0 Å². The molecule has 0 aromatic rings. The van der Waals surface area contributed by atoms with Crippen molar-refractivity contribution in [3.05, 3.63) is 0 Å². The summed E-state index contributed by atoms with van der Waals surface area (Å²) >= 11 is 0. The van der Waals surface area contributed by atoms with Crippen LogP contribution in [0.5, 0.6) is 0 Å². The van der Waals surface area contributed by atoms with Crippen LogP contribution in [-0.4, -0.2) is 32.0 Å². The Morgan fingerprint density at radius 2 is 1.89 bits per heavy atom. The van der Waals surface area contributed by atoms with Gasteiger partial charge in [0.25, 0.3) is 0 Å². The number of nitrogens with one attached hydrogen (secondary N) is 1. The maximum absolute atomic E-state index is 11.7. The van der Waals surface area contributed by atoms with Crippen LogP contribution in [-0.2, 0) is 9.84 Å². The van der Waals surface area contributed by atoms with Gasteiger partial charge in [-0.1, -0.05) is 20.8 Å². The minimum atomic E-state index is -2.79. The van der Waals surface area contributed by atoms with Gasteiger partial charge in [-0.3, -0.25) is 0 Å². The molecule has 1 saturated heterocycles. The van der Waals surface area contributed by atoms with E-state index in [1.54, 1.807) is 0 Å². The van der Waals surface area contributed by atoms with Crippen molar-refractivity contribution in [1.82, 2.24) is 5.32 Å². The van der Waals surface area contributed by atoms with Gasteiger partial charge in [0.15, 0.2) is 9.84 Å². The van der Waals surface area contributed by atoms with Crippen LogP contribution in [0.15, 0.2) is 0 Å². The molecule has 3 nitrogen and oxygen atoms in total. The van der Waals surface area contributed by atoms with Gasteiger partial charge in [0.05, 0.1) is 11.5 Å². The van der Waals surface area contributed by atoms with Gasteiger partial charge in [-0.2, -0.15) is 0 Å². The predicted octanol–water partition coefficient (Wildman–Crippen LogP) is 2.37. The van der Waals surface area contributed by atoms with E-state index in [0.29, 0.717) is 23.0 Å². The van der Waals surface area contributed by atoms with E-state index in [-0.39, 0.29) is 6.04 Å². The van der Waals surface area contributed by atoms with E-state index >= 15 is 0 Å². The summed E-state index contributed by atoms with van der Waals surface area (Å²) in [4.78, 5) is 0. The first kappa shape index (κ1) is 14.3. The van der Waals surface area contributed by atoms with Crippen LogP contribution in [0.3, 0.4) is 0 Å². The molecule has 0 radical (unpaired) electrons. The average molecular weight is 273 g/mol. The van der Waals surface area contributed by atoms with Crippen molar-refractivity contribution in [2.75, 3.05) is 11.5 Å². The molecule has 0 aromatic heterocycles. The quantitative estimate of drug-likeness (QED) is 0.840. The van der Waals surface area contributed by atoms with Gasteiger partial charge in [0, 0.05) is 12.1 Å². The lowest BCUT2D eigenvalue weighted by Gasteiger charge is -2.41. The number of hydrogen-bond acceptors (Lipinski definition) is 3. The van der Waals surface area contributed by atoms with E-state index < -0.39 is 9.84 Å². The summed E-state index contributed by atoms with van der Waals surface area (Å²) in [7, 11) is -2.79. The normalized spacial score (nSPS) is 39.4. The van der Waals surface area contributed by atoms with E-state index in [9.17, 15) is 8.42 Å². The van der Waals surface area contributed by atoms with Crippen LogP contribution < -0.4 is 5.32 Å². The van der Waals surface area contributed by atoms with Crippen LogP contribution in [0, 0.1) is 11.3 Å². The molecule has 0 amide bonds. The Balaban J connectivity index is 1.93. The highest BCUT2D eigenvalue weighted by Crippen LogP contribution is 2.38. The van der Waals surface area contributed by atoms with Crippen molar-refractivity contribution >= 4 is 9.84 Å². The standard InChI is InChI=1S/C14H27NO2S/c1-11-7-13(9-14(2,3)8-11)15-12-5-4-6-18(16,17)10-12/h11-13,15H,4-10H2,1-3H3. The summed E-state index contributed by atoms with van der Waals surface area (Å²) in [5, 5.41) is 3.62. The second-order valence-corrected chi connectivity index (χ2v) is 9.46. The first-order valence-electron chi connectivity index (χ1n) is 7.22. The smallest absolute Gasteiger partial charge is 0.151 e. The first-order valence-corrected chi connectivity index (χ1v) is 9.04. The number of rotatable bonds is 2. The van der Waals surface area contributed by atoms with Crippen molar-refractivity contribution in [1.29, 1.82) is 0 Å². The highest BCUT2D eigenvalue weighted by Gasteiger charge is 2.34. The molecule has 4 heteroatoms. The summed E-state index contributed by atoms with van der Waals surface area (Å²) in [6.07, 6.45) is 5.50. The minimum Gasteiger partial charge on any atom is -0.310 e. The fourth-order valence-electron chi connectivity index (χ4n) is 3.96. The lowest BCUT2D eigenvalue weighted by Crippen LogP contribution is -2.49. The van der Waals surface area contributed by atoms with E-state index in [0.717, 1.165) is 18.8 Å². The van der Waals surface area contributed by atoms with Gasteiger partial charge in [0.1, 0.15) is 0 Å². The van der Waals surface area contributed by atoms with Crippen LogP contribution in [0.1, 0.15) is 52.9 Å². The zero-order valence-corrected chi connectivity index (χ0v) is 12.7. The molecule has 1 saturated carbocycles. The van der Waals surface area contributed by atoms with Crippen LogP contribution in [0.25, 0.3) is 0 Å². The highest BCUT2D eigenvalue weighted by molar-refractivity contribution is 7.91. The first-order chi connectivity index (χ1) is 8.26. The van der Waals surface area contributed by atoms with Gasteiger partial charge >= 0.3 is 0 Å². The molecule has 2 rings (SSSR count). The lowest BCUT2D eigenvalue weighted by atomic mass is 9.70. The molecule has 0 aromatic carbocycles. The number of sulfone groups is 1. The third-order valence-corrected chi connectivity index (χ3v) is 6.14. The Hall–Kier alpha value is -0.0900. The van der Waals surface area contributed by atoms with Gasteiger partial charge in [0.2, 0.25) is 0 Å². The fraction of sp³-hybridized carbons (Fsp3) is 1.00. The Labute approximate surface area is 112 Å². The number of hydrogen-bond donors (Lipinski definition) is 1. The minimum absolute atomic E-state index is 0.190. The van der Waals surface area contributed by atoms with Crippen molar-refractivity contribution < 1.29 is 8.42 Å². The molecular weight excluding hydrogens is 246 g/mol. The highest BCUT2D eigenvalue weighted by atomic mass is 32.2. The molecule has 18 heavy (non-hydrogen) atoms. The fourth-order valence-corrected chi connectivity index (χ4v) is 5.61. The lowest BCUT2D eigenvalue weighted by molar-refractivity contribution is 0.144. The SMILES string of the molecule is CC1CC(NC2CCCS(=O)(=O)C2)CC(C)(C)C1. The average Bonchev–Trinajstić information content (AvgIpc) is 2.11.